The molecule has 2 heterocycles. The molecule has 2 rings (SSSR count). The Morgan fingerprint density at radius 2 is 1.92 bits per heavy atom. The molecule has 10 heteroatoms. The molecule has 1 fully saturated rings. The zero-order valence-electron chi connectivity index (χ0n) is 14.3. The van der Waals surface area contributed by atoms with E-state index in [9.17, 15) is 14.7 Å². The minimum atomic E-state index is -1.04. The number of hydrogen-bond donors (Lipinski definition) is 2. The standard InChI is InChI=1S/C12H18N2O8.C2H6.CH4/c1-18-6-4-14(11(17)13-9(6)16)10-8(7(5-15)19-2)21-12(20-3)22-10;1-2;/h4,7-8,10,12,15H,5H2,1-3H3,(H,13,16,17);1-2H3;1H4. The van der Waals surface area contributed by atoms with Gasteiger partial charge in [0, 0.05) is 14.2 Å². The van der Waals surface area contributed by atoms with Crippen molar-refractivity contribution in [2.24, 2.45) is 0 Å². The van der Waals surface area contributed by atoms with E-state index in [1.165, 1.54) is 27.5 Å². The van der Waals surface area contributed by atoms with E-state index in [4.69, 9.17) is 23.7 Å². The van der Waals surface area contributed by atoms with E-state index < -0.39 is 36.2 Å². The van der Waals surface area contributed by atoms with Crippen LogP contribution in [0.1, 0.15) is 27.5 Å². The maximum absolute atomic E-state index is 12.0. The number of ether oxygens (including phenoxy) is 5. The number of hydrogen-bond acceptors (Lipinski definition) is 8. The lowest BCUT2D eigenvalue weighted by Gasteiger charge is -2.24. The van der Waals surface area contributed by atoms with E-state index in [0.717, 1.165) is 4.57 Å². The maximum atomic E-state index is 12.0. The predicted molar refractivity (Wildman–Crippen MR) is 89.6 cm³/mol. The predicted octanol–water partition coefficient (Wildman–Crippen LogP) is 0.0588. The summed E-state index contributed by atoms with van der Waals surface area (Å²) in [7, 11) is 4.05. The Bertz CT molecular complexity index is 610. The first kappa shape index (κ1) is 23.3. The highest BCUT2D eigenvalue weighted by Crippen LogP contribution is 2.30. The number of methoxy groups -OCH3 is 3. The van der Waals surface area contributed by atoms with Gasteiger partial charge in [0.05, 0.1) is 19.9 Å². The largest absolute Gasteiger partial charge is 0.490 e. The van der Waals surface area contributed by atoms with Crippen molar-refractivity contribution in [3.63, 3.8) is 0 Å². The number of nitrogens with one attached hydrogen (secondary N) is 1. The van der Waals surface area contributed by atoms with Crippen molar-refractivity contribution in [3.05, 3.63) is 27.0 Å². The SMILES string of the molecule is C.CC.COc1cn(C2OC(OC)OC2C(CO)OC)c(=O)[nH]c1=O. The first-order valence-electron chi connectivity index (χ1n) is 7.42. The molecule has 0 amide bonds. The third-order valence-corrected chi connectivity index (χ3v) is 3.27. The molecule has 1 aromatic rings. The summed E-state index contributed by atoms with van der Waals surface area (Å²) >= 11 is 0. The van der Waals surface area contributed by atoms with Crippen molar-refractivity contribution in [1.82, 2.24) is 9.55 Å². The van der Waals surface area contributed by atoms with Crippen molar-refractivity contribution >= 4 is 0 Å². The summed E-state index contributed by atoms with van der Waals surface area (Å²) in [5.41, 5.74) is -1.37. The monoisotopic (exact) mass is 364 g/mol. The quantitative estimate of drug-likeness (QED) is 0.727. The van der Waals surface area contributed by atoms with E-state index in [1.807, 2.05) is 13.8 Å². The van der Waals surface area contributed by atoms with E-state index >= 15 is 0 Å². The van der Waals surface area contributed by atoms with Crippen LogP contribution in [-0.4, -0.2) is 61.3 Å². The van der Waals surface area contributed by atoms with Crippen LogP contribution in [0.3, 0.4) is 0 Å². The molecule has 0 spiro atoms. The Labute approximate surface area is 146 Å². The zero-order chi connectivity index (χ0) is 18.3. The second-order valence-electron chi connectivity index (χ2n) is 4.47. The Morgan fingerprint density at radius 3 is 2.40 bits per heavy atom. The number of nitrogens with zero attached hydrogens (tertiary/aromatic N) is 1. The highest BCUT2D eigenvalue weighted by Gasteiger charge is 2.43. The van der Waals surface area contributed by atoms with Crippen molar-refractivity contribution < 1.29 is 28.8 Å². The molecule has 10 nitrogen and oxygen atoms in total. The van der Waals surface area contributed by atoms with Crippen LogP contribution in [0.25, 0.3) is 0 Å². The summed E-state index contributed by atoms with van der Waals surface area (Å²) in [5.74, 6) is -0.0687. The molecular formula is C15H28N2O8. The van der Waals surface area contributed by atoms with E-state index in [-0.39, 0.29) is 19.8 Å². The molecule has 0 bridgehead atoms. The summed E-state index contributed by atoms with van der Waals surface area (Å²) in [4.78, 5) is 25.6. The third kappa shape index (κ3) is 5.13. The fourth-order valence-electron chi connectivity index (χ4n) is 2.14. The molecule has 0 aliphatic carbocycles. The molecule has 25 heavy (non-hydrogen) atoms. The highest BCUT2D eigenvalue weighted by atomic mass is 16.9. The summed E-state index contributed by atoms with van der Waals surface area (Å²) in [5, 5.41) is 9.35. The molecule has 4 unspecified atom stereocenters. The Kier molecular flexibility index (Phi) is 10.2. The molecule has 1 aliphatic heterocycles. The summed E-state index contributed by atoms with van der Waals surface area (Å²) in [6.45, 7) is 2.61. The second-order valence-corrected chi connectivity index (χ2v) is 4.47. The first-order chi connectivity index (χ1) is 11.5. The molecule has 2 N–H and O–H groups in total. The van der Waals surface area contributed by atoms with Crippen LogP contribution < -0.4 is 16.0 Å². The lowest BCUT2D eigenvalue weighted by Crippen LogP contribution is -2.42. The van der Waals surface area contributed by atoms with Crippen LogP contribution in [0.4, 0.5) is 0 Å². The number of H-pyrrole nitrogens is 1. The fourth-order valence-corrected chi connectivity index (χ4v) is 2.14. The van der Waals surface area contributed by atoms with Crippen molar-refractivity contribution in [1.29, 1.82) is 0 Å². The minimum absolute atomic E-state index is 0. The van der Waals surface area contributed by atoms with Gasteiger partial charge in [-0.15, -0.1) is 0 Å². The number of aromatic nitrogens is 2. The molecule has 0 radical (unpaired) electrons. The lowest BCUT2D eigenvalue weighted by atomic mass is 10.2. The van der Waals surface area contributed by atoms with E-state index in [0.29, 0.717) is 0 Å². The van der Waals surface area contributed by atoms with Crippen LogP contribution in [0, 0.1) is 0 Å². The van der Waals surface area contributed by atoms with Gasteiger partial charge in [-0.2, -0.15) is 0 Å². The van der Waals surface area contributed by atoms with Gasteiger partial charge in [0.1, 0.15) is 12.2 Å². The summed E-state index contributed by atoms with van der Waals surface area (Å²) in [6.07, 6.45) is -1.35. The van der Waals surface area contributed by atoms with Gasteiger partial charge < -0.3 is 28.8 Å². The molecule has 1 aromatic heterocycles. The number of rotatable bonds is 6. The molecule has 4 atom stereocenters. The average molecular weight is 364 g/mol. The molecule has 0 saturated carbocycles. The van der Waals surface area contributed by atoms with Crippen LogP contribution in [-0.2, 0) is 18.9 Å². The molecule has 146 valence electrons. The minimum Gasteiger partial charge on any atom is -0.490 e. The highest BCUT2D eigenvalue weighted by molar-refractivity contribution is 5.12. The van der Waals surface area contributed by atoms with E-state index in [1.54, 1.807) is 0 Å². The van der Waals surface area contributed by atoms with Gasteiger partial charge in [0.15, 0.2) is 6.23 Å². The molecule has 0 aromatic carbocycles. The first-order valence-corrected chi connectivity index (χ1v) is 7.42. The maximum Gasteiger partial charge on any atom is 0.330 e. The van der Waals surface area contributed by atoms with Crippen molar-refractivity contribution in [2.45, 2.75) is 46.2 Å². The van der Waals surface area contributed by atoms with Gasteiger partial charge in [-0.1, -0.05) is 21.3 Å². The van der Waals surface area contributed by atoms with Crippen molar-refractivity contribution in [2.75, 3.05) is 27.9 Å². The summed E-state index contributed by atoms with van der Waals surface area (Å²) in [6, 6.07) is 0. The number of aromatic amines is 1. The molecule has 1 aliphatic rings. The Morgan fingerprint density at radius 1 is 1.28 bits per heavy atom. The van der Waals surface area contributed by atoms with Gasteiger partial charge in [0.25, 0.3) is 12.0 Å². The summed E-state index contributed by atoms with van der Waals surface area (Å²) < 4.78 is 27.0. The van der Waals surface area contributed by atoms with Gasteiger partial charge in [-0.3, -0.25) is 14.3 Å². The van der Waals surface area contributed by atoms with Crippen LogP contribution in [0.15, 0.2) is 15.8 Å². The van der Waals surface area contributed by atoms with Gasteiger partial charge in [-0.05, 0) is 0 Å². The Balaban J connectivity index is 0.00000185. The zero-order valence-corrected chi connectivity index (χ0v) is 14.3. The Hall–Kier alpha value is -1.72. The van der Waals surface area contributed by atoms with Gasteiger partial charge >= 0.3 is 5.69 Å². The topological polar surface area (TPSA) is 121 Å². The number of aliphatic hydroxyl groups is 1. The third-order valence-electron chi connectivity index (χ3n) is 3.27. The lowest BCUT2D eigenvalue weighted by molar-refractivity contribution is -0.237. The normalized spacial score (nSPS) is 23.2. The number of aliphatic hydroxyl groups excluding tert-OH is 1. The smallest absolute Gasteiger partial charge is 0.330 e. The average Bonchev–Trinajstić information content (AvgIpc) is 3.02. The second kappa shape index (κ2) is 11.0. The van der Waals surface area contributed by atoms with E-state index in [2.05, 4.69) is 4.98 Å². The molecule has 1 saturated heterocycles. The molecular weight excluding hydrogens is 336 g/mol. The van der Waals surface area contributed by atoms with Crippen LogP contribution in [0.2, 0.25) is 0 Å². The van der Waals surface area contributed by atoms with Gasteiger partial charge in [0.2, 0.25) is 5.75 Å². The van der Waals surface area contributed by atoms with Crippen molar-refractivity contribution in [3.8, 4) is 5.75 Å². The van der Waals surface area contributed by atoms with Crippen LogP contribution in [0.5, 0.6) is 5.75 Å². The fraction of sp³-hybridized carbons (Fsp3) is 0.733. The van der Waals surface area contributed by atoms with Crippen LogP contribution >= 0.6 is 0 Å². The van der Waals surface area contributed by atoms with Gasteiger partial charge in [-0.25, -0.2) is 4.79 Å².